The fraction of sp³-hybridized carbons (Fsp3) is 0.250. The molecule has 1 fully saturated rings. The molecule has 110 valence electrons. The zero-order valence-corrected chi connectivity index (χ0v) is 12.1. The van der Waals surface area contributed by atoms with E-state index in [2.05, 4.69) is 30.2 Å². The van der Waals surface area contributed by atoms with Gasteiger partial charge in [0.2, 0.25) is 5.95 Å². The molecule has 1 aliphatic heterocycles. The zero-order chi connectivity index (χ0) is 14.8. The van der Waals surface area contributed by atoms with Gasteiger partial charge in [0.05, 0.1) is 0 Å². The highest BCUT2D eigenvalue weighted by Crippen LogP contribution is 2.25. The number of fused-ring (bicyclic) bond motifs is 1. The second-order valence-corrected chi connectivity index (χ2v) is 5.29. The Bertz CT molecular complexity index is 783. The molecule has 4 rings (SSSR count). The number of anilines is 3. The fourth-order valence-corrected chi connectivity index (χ4v) is 2.66. The second kappa shape index (κ2) is 5.55. The first-order valence-corrected chi connectivity index (χ1v) is 7.46. The number of hydrogen-bond donors (Lipinski definition) is 1. The van der Waals surface area contributed by atoms with Gasteiger partial charge in [-0.05, 0) is 25.0 Å². The number of benzene rings is 1. The number of nitrogens with zero attached hydrogens (tertiary/aromatic N) is 5. The molecular formula is C16H16N6. The van der Waals surface area contributed by atoms with Gasteiger partial charge in [-0.3, -0.25) is 0 Å². The lowest BCUT2D eigenvalue weighted by Gasteiger charge is -2.17. The standard InChI is InChI=1S/C16H16N6/c1-2-6-12(7-3-1)19-15-13-14(18-9-8-17-13)20-16(21-15)22-10-4-5-11-22/h1-3,6-9H,4-5,10-11H2,(H,18,19,20,21). The predicted octanol–water partition coefficient (Wildman–Crippen LogP) is 2.76. The predicted molar refractivity (Wildman–Crippen MR) is 86.3 cm³/mol. The van der Waals surface area contributed by atoms with Gasteiger partial charge in [-0.2, -0.15) is 9.97 Å². The highest BCUT2D eigenvalue weighted by molar-refractivity contribution is 5.85. The Hall–Kier alpha value is -2.76. The Kier molecular flexibility index (Phi) is 3.27. The third-order valence-electron chi connectivity index (χ3n) is 3.75. The van der Waals surface area contributed by atoms with Crippen LogP contribution in [0, 0.1) is 0 Å². The topological polar surface area (TPSA) is 66.8 Å². The summed E-state index contributed by atoms with van der Waals surface area (Å²) in [7, 11) is 0. The number of hydrogen-bond acceptors (Lipinski definition) is 6. The molecule has 0 radical (unpaired) electrons. The lowest BCUT2D eigenvalue weighted by Crippen LogP contribution is -2.21. The van der Waals surface area contributed by atoms with Crippen LogP contribution in [0.1, 0.15) is 12.8 Å². The molecule has 22 heavy (non-hydrogen) atoms. The average Bonchev–Trinajstić information content (AvgIpc) is 3.10. The van der Waals surface area contributed by atoms with Crippen LogP contribution in [0.3, 0.4) is 0 Å². The van der Waals surface area contributed by atoms with Crippen LogP contribution in [0.5, 0.6) is 0 Å². The third kappa shape index (κ3) is 2.43. The molecule has 1 N–H and O–H groups in total. The van der Waals surface area contributed by atoms with E-state index in [0.717, 1.165) is 24.7 Å². The van der Waals surface area contributed by atoms with E-state index in [-0.39, 0.29) is 0 Å². The van der Waals surface area contributed by atoms with Crippen LogP contribution in [-0.4, -0.2) is 33.0 Å². The monoisotopic (exact) mass is 292 g/mol. The number of nitrogens with one attached hydrogen (secondary N) is 1. The summed E-state index contributed by atoms with van der Waals surface area (Å²) in [4.78, 5) is 20.2. The summed E-state index contributed by atoms with van der Waals surface area (Å²) in [5.41, 5.74) is 2.28. The minimum absolute atomic E-state index is 0.623. The first-order valence-electron chi connectivity index (χ1n) is 7.46. The normalized spacial score (nSPS) is 14.5. The molecule has 0 amide bonds. The maximum Gasteiger partial charge on any atom is 0.229 e. The smallest absolute Gasteiger partial charge is 0.229 e. The molecule has 3 heterocycles. The van der Waals surface area contributed by atoms with Crippen molar-refractivity contribution in [1.29, 1.82) is 0 Å². The quantitative estimate of drug-likeness (QED) is 0.800. The van der Waals surface area contributed by atoms with Crippen LogP contribution in [0.2, 0.25) is 0 Å². The maximum atomic E-state index is 4.68. The van der Waals surface area contributed by atoms with E-state index in [1.807, 2.05) is 30.3 Å². The summed E-state index contributed by atoms with van der Waals surface area (Å²) >= 11 is 0. The molecule has 0 saturated carbocycles. The van der Waals surface area contributed by atoms with Gasteiger partial charge in [-0.1, -0.05) is 18.2 Å². The van der Waals surface area contributed by atoms with Gasteiger partial charge in [0.25, 0.3) is 0 Å². The molecule has 6 nitrogen and oxygen atoms in total. The molecule has 3 aromatic rings. The molecule has 1 aliphatic rings. The summed E-state index contributed by atoms with van der Waals surface area (Å²) in [5.74, 6) is 1.43. The molecule has 1 aromatic carbocycles. The van der Waals surface area contributed by atoms with Crippen LogP contribution in [0.15, 0.2) is 42.7 Å². The van der Waals surface area contributed by atoms with Crippen molar-refractivity contribution in [3.8, 4) is 0 Å². The Morgan fingerprint density at radius 2 is 1.68 bits per heavy atom. The van der Waals surface area contributed by atoms with Crippen molar-refractivity contribution in [3.63, 3.8) is 0 Å². The molecule has 6 heteroatoms. The van der Waals surface area contributed by atoms with Crippen molar-refractivity contribution in [3.05, 3.63) is 42.7 Å². The van der Waals surface area contributed by atoms with Crippen LogP contribution in [-0.2, 0) is 0 Å². The Morgan fingerprint density at radius 3 is 2.50 bits per heavy atom. The van der Waals surface area contributed by atoms with Gasteiger partial charge in [0.15, 0.2) is 17.0 Å². The van der Waals surface area contributed by atoms with Crippen molar-refractivity contribution >= 4 is 28.6 Å². The summed E-state index contributed by atoms with van der Waals surface area (Å²) in [6.45, 7) is 1.99. The molecule has 0 aliphatic carbocycles. The van der Waals surface area contributed by atoms with Gasteiger partial charge >= 0.3 is 0 Å². The minimum atomic E-state index is 0.623. The molecule has 0 spiro atoms. The largest absolute Gasteiger partial charge is 0.341 e. The molecule has 0 unspecified atom stereocenters. The van der Waals surface area contributed by atoms with Gasteiger partial charge in [-0.25, -0.2) is 9.97 Å². The lowest BCUT2D eigenvalue weighted by molar-refractivity contribution is 0.904. The van der Waals surface area contributed by atoms with Crippen LogP contribution >= 0.6 is 0 Å². The average molecular weight is 292 g/mol. The SMILES string of the molecule is c1ccc(Nc2nc(N3CCCC3)nc3nccnc23)cc1. The van der Waals surface area contributed by atoms with Crippen molar-refractivity contribution < 1.29 is 0 Å². The molecular weight excluding hydrogens is 276 g/mol. The van der Waals surface area contributed by atoms with Crippen molar-refractivity contribution in [2.45, 2.75) is 12.8 Å². The van der Waals surface area contributed by atoms with Crippen LogP contribution in [0.25, 0.3) is 11.2 Å². The van der Waals surface area contributed by atoms with E-state index in [9.17, 15) is 0 Å². The highest BCUT2D eigenvalue weighted by Gasteiger charge is 2.18. The second-order valence-electron chi connectivity index (χ2n) is 5.29. The summed E-state index contributed by atoms with van der Waals surface area (Å²) in [5, 5.41) is 3.33. The summed E-state index contributed by atoms with van der Waals surface area (Å²) in [6.07, 6.45) is 5.69. The fourth-order valence-electron chi connectivity index (χ4n) is 2.66. The van der Waals surface area contributed by atoms with Gasteiger partial charge in [0.1, 0.15) is 0 Å². The number of aromatic nitrogens is 4. The van der Waals surface area contributed by atoms with E-state index in [0.29, 0.717) is 17.0 Å². The zero-order valence-electron chi connectivity index (χ0n) is 12.1. The van der Waals surface area contributed by atoms with E-state index >= 15 is 0 Å². The van der Waals surface area contributed by atoms with Crippen molar-refractivity contribution in [1.82, 2.24) is 19.9 Å². The first kappa shape index (κ1) is 12.9. The Balaban J connectivity index is 1.80. The summed E-state index contributed by atoms with van der Waals surface area (Å²) < 4.78 is 0. The van der Waals surface area contributed by atoms with E-state index in [4.69, 9.17) is 0 Å². The Labute approximate surface area is 128 Å². The third-order valence-corrected chi connectivity index (χ3v) is 3.75. The van der Waals surface area contributed by atoms with Crippen LogP contribution < -0.4 is 10.2 Å². The van der Waals surface area contributed by atoms with E-state index in [1.165, 1.54) is 12.8 Å². The lowest BCUT2D eigenvalue weighted by atomic mass is 10.3. The van der Waals surface area contributed by atoms with Crippen molar-refractivity contribution in [2.24, 2.45) is 0 Å². The Morgan fingerprint density at radius 1 is 0.909 bits per heavy atom. The van der Waals surface area contributed by atoms with Gasteiger partial charge < -0.3 is 10.2 Å². The molecule has 0 atom stereocenters. The van der Waals surface area contributed by atoms with E-state index < -0.39 is 0 Å². The first-order chi connectivity index (χ1) is 10.9. The van der Waals surface area contributed by atoms with Crippen molar-refractivity contribution in [2.75, 3.05) is 23.3 Å². The maximum absolute atomic E-state index is 4.68. The highest BCUT2D eigenvalue weighted by atomic mass is 15.3. The van der Waals surface area contributed by atoms with E-state index in [1.54, 1.807) is 12.4 Å². The minimum Gasteiger partial charge on any atom is -0.341 e. The summed E-state index contributed by atoms with van der Waals surface area (Å²) in [6, 6.07) is 9.95. The molecule has 0 bridgehead atoms. The number of para-hydroxylation sites is 1. The van der Waals surface area contributed by atoms with Gasteiger partial charge in [0, 0.05) is 31.2 Å². The van der Waals surface area contributed by atoms with Crippen LogP contribution in [0.4, 0.5) is 17.5 Å². The number of rotatable bonds is 3. The van der Waals surface area contributed by atoms with Gasteiger partial charge in [-0.15, -0.1) is 0 Å². The molecule has 1 saturated heterocycles. The molecule has 2 aromatic heterocycles.